The van der Waals surface area contributed by atoms with Gasteiger partial charge in [0.05, 0.1) is 0 Å². The van der Waals surface area contributed by atoms with Gasteiger partial charge in [-0.1, -0.05) is 41.4 Å². The zero-order chi connectivity index (χ0) is 11.4. The summed E-state index contributed by atoms with van der Waals surface area (Å²) in [6.07, 6.45) is 0.518. The van der Waals surface area contributed by atoms with Gasteiger partial charge in [0, 0.05) is 21.6 Å². The Bertz CT molecular complexity index is 345. The van der Waals surface area contributed by atoms with Crippen LogP contribution in [0.15, 0.2) is 22.7 Å². The van der Waals surface area contributed by atoms with E-state index >= 15 is 0 Å². The Morgan fingerprint density at radius 1 is 1.47 bits per heavy atom. The van der Waals surface area contributed by atoms with Crippen LogP contribution >= 0.6 is 27.5 Å². The van der Waals surface area contributed by atoms with Gasteiger partial charge in [0.15, 0.2) is 0 Å². The third kappa shape index (κ3) is 4.67. The van der Waals surface area contributed by atoms with Crippen LogP contribution in [0.25, 0.3) is 0 Å². The van der Waals surface area contributed by atoms with E-state index in [0.717, 1.165) is 10.2 Å². The highest BCUT2D eigenvalue weighted by atomic mass is 79.9. The van der Waals surface area contributed by atoms with Crippen molar-refractivity contribution in [3.05, 3.63) is 27.7 Å². The number of hydrogen-bond donors (Lipinski definition) is 1. The molecule has 0 radical (unpaired) electrons. The van der Waals surface area contributed by atoms with Crippen LogP contribution in [-0.2, 0) is 4.79 Å². The van der Waals surface area contributed by atoms with Crippen molar-refractivity contribution in [1.29, 1.82) is 0 Å². The number of hydrogen-bond acceptors (Lipinski definition) is 1. The predicted octanol–water partition coefficient (Wildman–Crippen LogP) is 4.09. The lowest BCUT2D eigenvalue weighted by Gasteiger charge is -2.07. The molecule has 0 aliphatic heterocycles. The van der Waals surface area contributed by atoms with E-state index in [4.69, 9.17) is 11.6 Å². The van der Waals surface area contributed by atoms with Crippen LogP contribution in [0.2, 0.25) is 5.02 Å². The van der Waals surface area contributed by atoms with Crippen molar-refractivity contribution < 1.29 is 4.79 Å². The third-order valence-corrected chi connectivity index (χ3v) is 2.42. The first-order chi connectivity index (χ1) is 6.97. The number of halogens is 2. The van der Waals surface area contributed by atoms with E-state index in [9.17, 15) is 4.79 Å². The van der Waals surface area contributed by atoms with Crippen molar-refractivity contribution in [3.63, 3.8) is 0 Å². The average molecular weight is 291 g/mol. The van der Waals surface area contributed by atoms with Gasteiger partial charge >= 0.3 is 0 Å². The fraction of sp³-hybridized carbons (Fsp3) is 0.364. The molecule has 1 amide bonds. The second kappa shape index (κ2) is 5.52. The second-order valence-electron chi connectivity index (χ2n) is 3.80. The molecular weight excluding hydrogens is 277 g/mol. The molecule has 1 N–H and O–H groups in total. The summed E-state index contributed by atoms with van der Waals surface area (Å²) in [5.74, 6) is 0.367. The molecule has 15 heavy (non-hydrogen) atoms. The molecule has 1 rings (SSSR count). The van der Waals surface area contributed by atoms with Crippen molar-refractivity contribution in [2.75, 3.05) is 5.32 Å². The first-order valence-electron chi connectivity index (χ1n) is 4.73. The van der Waals surface area contributed by atoms with Crippen LogP contribution < -0.4 is 5.32 Å². The normalized spacial score (nSPS) is 10.5. The smallest absolute Gasteiger partial charge is 0.224 e. The summed E-state index contributed by atoms with van der Waals surface area (Å²) >= 11 is 9.18. The Morgan fingerprint density at radius 2 is 2.13 bits per heavy atom. The molecule has 2 nitrogen and oxygen atoms in total. The number of anilines is 1. The number of carbonyl (C=O) groups is 1. The molecule has 0 unspecified atom stereocenters. The van der Waals surface area contributed by atoms with E-state index in [1.165, 1.54) is 0 Å². The summed E-state index contributed by atoms with van der Waals surface area (Å²) in [5.41, 5.74) is 0.722. The maximum Gasteiger partial charge on any atom is 0.224 e. The lowest BCUT2D eigenvalue weighted by Crippen LogP contribution is -2.13. The molecule has 1 aromatic rings. The highest BCUT2D eigenvalue weighted by Crippen LogP contribution is 2.23. The highest BCUT2D eigenvalue weighted by molar-refractivity contribution is 9.10. The van der Waals surface area contributed by atoms with Gasteiger partial charge in [-0.2, -0.15) is 0 Å². The van der Waals surface area contributed by atoms with Crippen LogP contribution in [0.4, 0.5) is 5.69 Å². The zero-order valence-electron chi connectivity index (χ0n) is 8.68. The predicted molar refractivity (Wildman–Crippen MR) is 67.2 cm³/mol. The lowest BCUT2D eigenvalue weighted by molar-refractivity contribution is -0.116. The van der Waals surface area contributed by atoms with E-state index < -0.39 is 0 Å². The largest absolute Gasteiger partial charge is 0.326 e. The number of benzene rings is 1. The molecule has 82 valence electrons. The van der Waals surface area contributed by atoms with Crippen LogP contribution in [0.1, 0.15) is 20.3 Å². The summed E-state index contributed by atoms with van der Waals surface area (Å²) in [4.78, 5) is 11.5. The molecule has 0 aliphatic carbocycles. The first-order valence-corrected chi connectivity index (χ1v) is 5.90. The van der Waals surface area contributed by atoms with Gasteiger partial charge < -0.3 is 5.32 Å². The molecule has 0 atom stereocenters. The zero-order valence-corrected chi connectivity index (χ0v) is 11.0. The first kappa shape index (κ1) is 12.5. The molecule has 0 aliphatic rings. The van der Waals surface area contributed by atoms with Crippen molar-refractivity contribution in [3.8, 4) is 0 Å². The third-order valence-electron chi connectivity index (χ3n) is 1.74. The number of nitrogens with one attached hydrogen (secondary N) is 1. The molecule has 1 aromatic carbocycles. The van der Waals surface area contributed by atoms with Gasteiger partial charge in [-0.25, -0.2) is 0 Å². The number of rotatable bonds is 3. The Labute approximate surface area is 103 Å². The Hall–Kier alpha value is -0.540. The maximum absolute atomic E-state index is 11.5. The van der Waals surface area contributed by atoms with Crippen molar-refractivity contribution >= 4 is 39.1 Å². The Balaban J connectivity index is 2.68. The molecule has 0 saturated carbocycles. The van der Waals surface area contributed by atoms with E-state index in [-0.39, 0.29) is 5.91 Å². The lowest BCUT2D eigenvalue weighted by atomic mass is 10.1. The van der Waals surface area contributed by atoms with Gasteiger partial charge in [0.25, 0.3) is 0 Å². The van der Waals surface area contributed by atoms with Gasteiger partial charge in [-0.3, -0.25) is 4.79 Å². The fourth-order valence-corrected chi connectivity index (χ4v) is 2.07. The summed E-state index contributed by atoms with van der Waals surface area (Å²) in [5, 5.41) is 3.40. The molecule has 0 aromatic heterocycles. The van der Waals surface area contributed by atoms with E-state index in [2.05, 4.69) is 21.2 Å². The monoisotopic (exact) mass is 289 g/mol. The summed E-state index contributed by atoms with van der Waals surface area (Å²) in [6, 6.07) is 5.33. The maximum atomic E-state index is 11.5. The molecule has 0 bridgehead atoms. The summed E-state index contributed by atoms with van der Waals surface area (Å²) < 4.78 is 0.856. The average Bonchev–Trinajstić information content (AvgIpc) is 1.98. The molecule has 0 spiro atoms. The van der Waals surface area contributed by atoms with Crippen molar-refractivity contribution in [1.82, 2.24) is 0 Å². The van der Waals surface area contributed by atoms with E-state index in [1.54, 1.807) is 12.1 Å². The number of carbonyl (C=O) groups excluding carboxylic acids is 1. The molecule has 0 saturated heterocycles. The minimum Gasteiger partial charge on any atom is -0.326 e. The second-order valence-corrected chi connectivity index (χ2v) is 5.16. The van der Waals surface area contributed by atoms with E-state index in [1.807, 2.05) is 19.9 Å². The highest BCUT2D eigenvalue weighted by Gasteiger charge is 2.06. The van der Waals surface area contributed by atoms with Crippen LogP contribution in [0, 0.1) is 5.92 Å². The molecular formula is C11H13BrClNO. The van der Waals surface area contributed by atoms with Gasteiger partial charge in [0.2, 0.25) is 5.91 Å². The Morgan fingerprint density at radius 3 is 2.67 bits per heavy atom. The van der Waals surface area contributed by atoms with Gasteiger partial charge in [-0.15, -0.1) is 0 Å². The van der Waals surface area contributed by atoms with Crippen molar-refractivity contribution in [2.24, 2.45) is 5.92 Å². The van der Waals surface area contributed by atoms with Crippen LogP contribution in [0.5, 0.6) is 0 Å². The van der Waals surface area contributed by atoms with Crippen molar-refractivity contribution in [2.45, 2.75) is 20.3 Å². The SMILES string of the molecule is CC(C)CC(=O)Nc1cc(Cl)cc(Br)c1. The molecule has 0 heterocycles. The van der Waals surface area contributed by atoms with Gasteiger partial charge in [-0.05, 0) is 24.1 Å². The Kier molecular flexibility index (Phi) is 4.61. The fourth-order valence-electron chi connectivity index (χ4n) is 1.21. The standard InChI is InChI=1S/C11H13BrClNO/c1-7(2)3-11(15)14-10-5-8(12)4-9(13)6-10/h4-7H,3H2,1-2H3,(H,14,15). The summed E-state index contributed by atoms with van der Waals surface area (Å²) in [7, 11) is 0. The molecule has 4 heteroatoms. The van der Waals surface area contributed by atoms with Gasteiger partial charge in [0.1, 0.15) is 0 Å². The minimum absolute atomic E-state index is 0.0131. The molecule has 0 fully saturated rings. The quantitative estimate of drug-likeness (QED) is 0.892. The van der Waals surface area contributed by atoms with E-state index in [0.29, 0.717) is 17.4 Å². The topological polar surface area (TPSA) is 29.1 Å². The van der Waals surface area contributed by atoms with Crippen LogP contribution in [-0.4, -0.2) is 5.91 Å². The van der Waals surface area contributed by atoms with Crippen LogP contribution in [0.3, 0.4) is 0 Å². The summed E-state index contributed by atoms with van der Waals surface area (Å²) in [6.45, 7) is 4.01. The number of amides is 1. The minimum atomic E-state index is 0.0131.